The van der Waals surface area contributed by atoms with Crippen molar-refractivity contribution in [2.24, 2.45) is 0 Å². The number of hydrogen-bond donors (Lipinski definition) is 0. The van der Waals surface area contributed by atoms with Crippen LogP contribution in [0.4, 0.5) is 13.2 Å². The first-order valence-electron chi connectivity index (χ1n) is 9.83. The summed E-state index contributed by atoms with van der Waals surface area (Å²) >= 11 is 0. The van der Waals surface area contributed by atoms with Crippen LogP contribution in [0.5, 0.6) is 5.75 Å². The molecule has 4 rings (SSSR count). The van der Waals surface area contributed by atoms with E-state index < -0.39 is 6.36 Å². The summed E-state index contributed by atoms with van der Waals surface area (Å²) in [6, 6.07) is 23.1. The predicted molar refractivity (Wildman–Crippen MR) is 124 cm³/mol. The molecule has 0 aliphatic heterocycles. The van der Waals surface area contributed by atoms with Crippen molar-refractivity contribution in [1.82, 2.24) is 9.55 Å². The zero-order chi connectivity index (χ0) is 22.6. The third-order valence-corrected chi connectivity index (χ3v) is 4.97. The van der Waals surface area contributed by atoms with E-state index in [0.29, 0.717) is 24.1 Å². The fraction of sp³-hybridized carbons (Fsp3) is 0.120. The Labute approximate surface area is 199 Å². The molecule has 3 aromatic carbocycles. The van der Waals surface area contributed by atoms with Crippen molar-refractivity contribution >= 4 is 17.0 Å². The summed E-state index contributed by atoms with van der Waals surface area (Å²) in [5.41, 5.74) is 5.22. The van der Waals surface area contributed by atoms with Crippen LogP contribution in [0.3, 0.4) is 0 Å². The second-order valence-corrected chi connectivity index (χ2v) is 7.27. The first-order chi connectivity index (χ1) is 15.4. The molecule has 4 aromatic rings. The van der Waals surface area contributed by atoms with Crippen molar-refractivity contribution in [3.05, 3.63) is 108 Å². The first kappa shape index (κ1) is 24.1. The van der Waals surface area contributed by atoms with Gasteiger partial charge < -0.3 is 9.30 Å². The number of ether oxygens (including phenoxy) is 1. The lowest BCUT2D eigenvalue weighted by Crippen LogP contribution is -2.17. The van der Waals surface area contributed by atoms with Crippen molar-refractivity contribution in [3.8, 4) is 22.9 Å². The maximum Gasteiger partial charge on any atom is 0.573 e. The number of benzene rings is 3. The Kier molecular flexibility index (Phi) is 7.56. The molecule has 0 atom stereocenters. The zero-order valence-electron chi connectivity index (χ0n) is 17.3. The Hall–Kier alpha value is -3.57. The minimum absolute atomic E-state index is 0. The molecule has 0 aliphatic rings. The van der Waals surface area contributed by atoms with E-state index in [0.717, 1.165) is 22.4 Å². The van der Waals surface area contributed by atoms with E-state index in [9.17, 15) is 13.2 Å². The van der Waals surface area contributed by atoms with Crippen LogP contribution in [0.1, 0.15) is 22.4 Å². The molecule has 4 nitrogen and oxygen atoms in total. The molecule has 0 fully saturated rings. The number of halogens is 4. The number of imidazole rings is 1. The van der Waals surface area contributed by atoms with Crippen molar-refractivity contribution < 1.29 is 17.9 Å². The summed E-state index contributed by atoms with van der Waals surface area (Å²) in [7, 11) is 0. The van der Waals surface area contributed by atoms with Crippen LogP contribution in [0.15, 0.2) is 85.3 Å². The number of aromatic nitrogens is 2. The van der Waals surface area contributed by atoms with Gasteiger partial charge in [-0.05, 0) is 46.5 Å². The fourth-order valence-corrected chi connectivity index (χ4v) is 3.42. The fourth-order valence-electron chi connectivity index (χ4n) is 3.42. The maximum atomic E-state index is 12.5. The van der Waals surface area contributed by atoms with Gasteiger partial charge >= 0.3 is 6.36 Å². The molecule has 0 aliphatic carbocycles. The Morgan fingerprint density at radius 3 is 2.27 bits per heavy atom. The summed E-state index contributed by atoms with van der Waals surface area (Å²) < 4.78 is 43.5. The van der Waals surface area contributed by atoms with E-state index in [1.807, 2.05) is 47.2 Å². The molecule has 1 heterocycles. The number of hydrogen-bond acceptors (Lipinski definition) is 3. The molecule has 0 amide bonds. The lowest BCUT2D eigenvalue weighted by molar-refractivity contribution is -0.274. The Morgan fingerprint density at radius 1 is 0.909 bits per heavy atom. The molecule has 0 N–H and O–H groups in total. The topological polar surface area (TPSA) is 50.8 Å². The van der Waals surface area contributed by atoms with Gasteiger partial charge in [0.05, 0.1) is 18.0 Å². The van der Waals surface area contributed by atoms with Crippen molar-refractivity contribution in [2.45, 2.75) is 19.3 Å². The van der Waals surface area contributed by atoms with Gasteiger partial charge in [-0.15, -0.1) is 30.2 Å². The van der Waals surface area contributed by atoms with Gasteiger partial charge in [0.1, 0.15) is 5.75 Å². The van der Waals surface area contributed by atoms with E-state index in [2.05, 4.69) is 15.8 Å². The molecule has 0 unspecified atom stereocenters. The average Bonchev–Trinajstić information content (AvgIpc) is 3.20. The van der Waals surface area contributed by atoms with Gasteiger partial charge in [-0.1, -0.05) is 48.5 Å². The van der Waals surface area contributed by atoms with E-state index in [4.69, 9.17) is 5.26 Å². The molecular weight excluding hydrogens is 495 g/mol. The van der Waals surface area contributed by atoms with Gasteiger partial charge in [-0.2, -0.15) is 5.26 Å². The highest BCUT2D eigenvalue weighted by atomic mass is 79.9. The molecule has 0 saturated carbocycles. The number of nitrogens with zero attached hydrogens (tertiary/aromatic N) is 3. The molecule has 0 saturated heterocycles. The second-order valence-electron chi connectivity index (χ2n) is 7.27. The van der Waals surface area contributed by atoms with Crippen molar-refractivity contribution in [3.63, 3.8) is 0 Å². The zero-order valence-corrected chi connectivity index (χ0v) is 19.0. The number of alkyl halides is 3. The van der Waals surface area contributed by atoms with Crippen LogP contribution >= 0.6 is 17.0 Å². The molecule has 1 aromatic heterocycles. The minimum atomic E-state index is -4.72. The van der Waals surface area contributed by atoms with Gasteiger partial charge in [-0.25, -0.2) is 4.98 Å². The molecule has 33 heavy (non-hydrogen) atoms. The number of rotatable bonds is 6. The van der Waals surface area contributed by atoms with Crippen LogP contribution in [-0.2, 0) is 13.0 Å². The highest BCUT2D eigenvalue weighted by Crippen LogP contribution is 2.28. The van der Waals surface area contributed by atoms with Crippen LogP contribution in [0, 0.1) is 11.3 Å². The summed E-state index contributed by atoms with van der Waals surface area (Å²) in [5.74, 6) is -0.245. The first-order valence-corrected chi connectivity index (χ1v) is 9.83. The lowest BCUT2D eigenvalue weighted by Gasteiger charge is -2.11. The van der Waals surface area contributed by atoms with E-state index in [1.54, 1.807) is 24.5 Å². The SMILES string of the molecule is Br.N#Cc1ccc(Cc2cncn2Cc2ccc(-c3cccc(OC(F)(F)F)c3)cc2)cc1. The van der Waals surface area contributed by atoms with Gasteiger partial charge in [0, 0.05) is 24.9 Å². The van der Waals surface area contributed by atoms with Crippen LogP contribution < -0.4 is 4.74 Å². The summed E-state index contributed by atoms with van der Waals surface area (Å²) in [4.78, 5) is 4.26. The molecule has 0 spiro atoms. The Balaban J connectivity index is 0.00000306. The Bertz CT molecular complexity index is 1240. The number of nitriles is 1. The molecule has 8 heteroatoms. The predicted octanol–water partition coefficient (Wildman–Crippen LogP) is 6.54. The smallest absolute Gasteiger partial charge is 0.406 e. The highest BCUT2D eigenvalue weighted by Gasteiger charge is 2.31. The van der Waals surface area contributed by atoms with Gasteiger partial charge in [0.2, 0.25) is 0 Å². The Morgan fingerprint density at radius 2 is 1.61 bits per heavy atom. The highest BCUT2D eigenvalue weighted by molar-refractivity contribution is 8.93. The average molecular weight is 514 g/mol. The summed E-state index contributed by atoms with van der Waals surface area (Å²) in [6.07, 6.45) is -0.442. The normalized spacial score (nSPS) is 10.8. The van der Waals surface area contributed by atoms with Gasteiger partial charge in [0.15, 0.2) is 0 Å². The third-order valence-electron chi connectivity index (χ3n) is 4.97. The largest absolute Gasteiger partial charge is 0.573 e. The molecule has 0 radical (unpaired) electrons. The molecular formula is C25H19BrF3N3O. The van der Waals surface area contributed by atoms with Gasteiger partial charge in [0.25, 0.3) is 0 Å². The minimum Gasteiger partial charge on any atom is -0.406 e. The standard InChI is InChI=1S/C25H18F3N3O.BrH/c26-25(27,28)32-24-3-1-2-22(13-24)21-10-8-20(9-11-21)16-31-17-30-15-23(31)12-18-4-6-19(14-29)7-5-18;/h1-11,13,15,17H,12,16H2;1H. The lowest BCUT2D eigenvalue weighted by atomic mass is 10.0. The molecule has 0 bridgehead atoms. The van der Waals surface area contributed by atoms with Crippen molar-refractivity contribution in [1.29, 1.82) is 5.26 Å². The quantitative estimate of drug-likeness (QED) is 0.294. The van der Waals surface area contributed by atoms with Crippen molar-refractivity contribution in [2.75, 3.05) is 0 Å². The van der Waals surface area contributed by atoms with Crippen LogP contribution in [-0.4, -0.2) is 15.9 Å². The maximum absolute atomic E-state index is 12.5. The van der Waals surface area contributed by atoms with E-state index in [1.165, 1.54) is 18.2 Å². The van der Waals surface area contributed by atoms with Crippen LogP contribution in [0.2, 0.25) is 0 Å². The molecule has 168 valence electrons. The van der Waals surface area contributed by atoms with E-state index >= 15 is 0 Å². The van der Waals surface area contributed by atoms with E-state index in [-0.39, 0.29) is 22.7 Å². The van der Waals surface area contributed by atoms with Gasteiger partial charge in [-0.3, -0.25) is 0 Å². The summed E-state index contributed by atoms with van der Waals surface area (Å²) in [6.45, 7) is 0.614. The third kappa shape index (κ3) is 6.46. The summed E-state index contributed by atoms with van der Waals surface area (Å²) in [5, 5.41) is 8.93. The van der Waals surface area contributed by atoms with Crippen LogP contribution in [0.25, 0.3) is 11.1 Å². The second kappa shape index (κ2) is 10.4. The monoisotopic (exact) mass is 513 g/mol.